The Hall–Kier alpha value is -0.0800. The van der Waals surface area contributed by atoms with E-state index in [2.05, 4.69) is 6.92 Å². The molecule has 0 aromatic rings. The Bertz CT molecular complexity index is 741. The molecule has 0 aromatic carbocycles. The minimum absolute atomic E-state index is 0.0816. The first-order chi connectivity index (χ1) is 17.0. The predicted octanol–water partition coefficient (Wildman–Crippen LogP) is 3.10. The van der Waals surface area contributed by atoms with Gasteiger partial charge in [0.1, 0.15) is 6.10 Å². The molecule has 2 aliphatic heterocycles. The van der Waals surface area contributed by atoms with E-state index < -0.39 is 51.8 Å². The molecule has 3 N–H and O–H groups in total. The number of nitrogens with zero attached hydrogens (tertiary/aromatic N) is 1. The Morgan fingerprint density at radius 2 is 1.65 bits per heavy atom. The second-order valence-corrected chi connectivity index (χ2v) is 13.5. The lowest BCUT2D eigenvalue weighted by Crippen LogP contribution is -2.50. The van der Waals surface area contributed by atoms with E-state index in [1.54, 1.807) is 14.0 Å². The average molecular weight is 644 g/mol. The lowest BCUT2D eigenvalue weighted by Gasteiger charge is -2.43. The highest BCUT2D eigenvalue weighted by atomic mass is 127. The van der Waals surface area contributed by atoms with Gasteiger partial charge in [0, 0.05) is 32.5 Å². The molecule has 0 aromatic heterocycles. The quantitative estimate of drug-likeness (QED) is 0.242. The van der Waals surface area contributed by atoms with Crippen molar-refractivity contribution in [3.63, 3.8) is 0 Å². The third kappa shape index (κ3) is 9.23. The normalized spacial score (nSPS) is 48.1. The van der Waals surface area contributed by atoms with Crippen LogP contribution in [0.2, 0.25) is 0 Å². The van der Waals surface area contributed by atoms with Crippen molar-refractivity contribution in [1.82, 2.24) is 4.90 Å². The highest BCUT2D eigenvalue weighted by molar-refractivity contribution is 14.1. The fourth-order valence-electron chi connectivity index (χ4n) is 6.06. The first kappa shape index (κ1) is 33.1. The lowest BCUT2D eigenvalue weighted by atomic mass is 9.80. The van der Waals surface area contributed by atoms with Crippen LogP contribution in [0.5, 0.6) is 0 Å². The van der Waals surface area contributed by atoms with Crippen molar-refractivity contribution in [2.45, 2.75) is 126 Å². The number of carbonyl (C=O) groups is 1. The van der Waals surface area contributed by atoms with Crippen LogP contribution in [-0.4, -0.2) is 99.0 Å². The molecule has 37 heavy (non-hydrogen) atoms. The molecule has 12 atom stereocenters. The average Bonchev–Trinajstić information content (AvgIpc) is 2.78. The number of cyclic esters (lactones) is 1. The topological polar surface area (TPSA) is 118 Å². The zero-order valence-corrected chi connectivity index (χ0v) is 26.2. The molecule has 10 heteroatoms. The summed E-state index contributed by atoms with van der Waals surface area (Å²) in [6.45, 7) is 14.1. The summed E-state index contributed by atoms with van der Waals surface area (Å²) in [5.74, 6) is -1.32. The van der Waals surface area contributed by atoms with Gasteiger partial charge in [0.25, 0.3) is 0 Å². The fourth-order valence-corrected chi connectivity index (χ4v) is 6.73. The van der Waals surface area contributed by atoms with Gasteiger partial charge in [-0.25, -0.2) is 0 Å². The summed E-state index contributed by atoms with van der Waals surface area (Å²) >= 11 is 1.86. The van der Waals surface area contributed by atoms with E-state index in [1.807, 2.05) is 69.2 Å². The van der Waals surface area contributed by atoms with Crippen molar-refractivity contribution in [2.75, 3.05) is 20.7 Å². The van der Waals surface area contributed by atoms with Crippen molar-refractivity contribution in [3.8, 4) is 0 Å². The monoisotopic (exact) mass is 643 g/mol. The molecule has 2 saturated heterocycles. The van der Waals surface area contributed by atoms with E-state index in [9.17, 15) is 20.1 Å². The van der Waals surface area contributed by atoms with Crippen molar-refractivity contribution in [2.24, 2.45) is 17.8 Å². The van der Waals surface area contributed by atoms with Crippen LogP contribution in [0.4, 0.5) is 0 Å². The maximum absolute atomic E-state index is 13.3. The van der Waals surface area contributed by atoms with Gasteiger partial charge in [-0.15, -0.1) is 0 Å². The van der Waals surface area contributed by atoms with Crippen LogP contribution in [-0.2, 0) is 23.7 Å². The summed E-state index contributed by atoms with van der Waals surface area (Å²) in [4.78, 5) is 15.2. The smallest absolute Gasteiger partial charge is 0.312 e. The number of aliphatic hydroxyl groups excluding tert-OH is 2. The lowest BCUT2D eigenvalue weighted by molar-refractivity contribution is -0.265. The molecular weight excluding hydrogens is 593 g/mol. The largest absolute Gasteiger partial charge is 0.448 e. The van der Waals surface area contributed by atoms with Gasteiger partial charge in [-0.2, -0.15) is 0 Å². The van der Waals surface area contributed by atoms with Gasteiger partial charge in [-0.1, -0.05) is 13.8 Å². The van der Waals surface area contributed by atoms with E-state index in [4.69, 9.17) is 18.9 Å². The van der Waals surface area contributed by atoms with Gasteiger partial charge >= 0.3 is 5.97 Å². The Labute approximate surface area is 236 Å². The summed E-state index contributed by atoms with van der Waals surface area (Å²) in [5, 5.41) is 33.0. The van der Waals surface area contributed by atoms with Gasteiger partial charge < -0.3 is 39.2 Å². The molecule has 0 unspecified atom stereocenters. The number of ether oxygens (including phenoxy) is 4. The van der Waals surface area contributed by atoms with Gasteiger partial charge in [-0.05, 0) is 88.9 Å². The Morgan fingerprint density at radius 1 is 1.03 bits per heavy atom. The van der Waals surface area contributed by atoms with Crippen molar-refractivity contribution in [1.29, 1.82) is 0 Å². The number of rotatable bonds is 3. The first-order valence-corrected chi connectivity index (χ1v) is 14.7. The number of halogens is 1. The van der Waals surface area contributed by atoms with E-state index in [1.165, 1.54) is 0 Å². The molecule has 0 bridgehead atoms. The number of hydrogen-bond acceptors (Lipinski definition) is 9. The Morgan fingerprint density at radius 3 is 2.24 bits per heavy atom. The zero-order valence-electron chi connectivity index (χ0n) is 24.0. The van der Waals surface area contributed by atoms with Gasteiger partial charge in [0.2, 0.25) is 0 Å². The zero-order chi connectivity index (χ0) is 28.3. The molecular formula is C27H50INO8. The molecule has 0 radical (unpaired) electrons. The van der Waals surface area contributed by atoms with Crippen LogP contribution in [0.3, 0.4) is 0 Å². The Balaban J connectivity index is 2.36. The summed E-state index contributed by atoms with van der Waals surface area (Å²) in [6.07, 6.45) is -1.46. The number of alkyl halides is 1. The summed E-state index contributed by atoms with van der Waals surface area (Å²) in [5.41, 5.74) is -1.41. The van der Waals surface area contributed by atoms with Crippen molar-refractivity contribution >= 4 is 28.6 Å². The number of carbonyl (C=O) groups excluding carboxylic acids is 1. The fraction of sp³-hybridized carbons (Fsp3) is 0.963. The third-order valence-corrected chi connectivity index (χ3v) is 9.11. The maximum Gasteiger partial charge on any atom is 0.312 e. The molecule has 0 spiro atoms. The molecule has 0 saturated carbocycles. The van der Waals surface area contributed by atoms with Crippen LogP contribution in [0.15, 0.2) is 0 Å². The maximum atomic E-state index is 13.3. The number of aliphatic hydroxyl groups is 3. The Kier molecular flexibility index (Phi) is 12.1. The van der Waals surface area contributed by atoms with Crippen LogP contribution >= 0.6 is 22.6 Å². The van der Waals surface area contributed by atoms with Crippen LogP contribution in [0.1, 0.15) is 74.1 Å². The van der Waals surface area contributed by atoms with Crippen LogP contribution < -0.4 is 0 Å². The number of hydrogen-bond donors (Lipinski definition) is 3. The molecule has 2 aliphatic rings. The summed E-state index contributed by atoms with van der Waals surface area (Å²) < 4.78 is 23.0. The van der Waals surface area contributed by atoms with Gasteiger partial charge in [-0.3, -0.25) is 4.79 Å². The molecule has 2 fully saturated rings. The van der Waals surface area contributed by atoms with Crippen LogP contribution in [0.25, 0.3) is 0 Å². The summed E-state index contributed by atoms with van der Waals surface area (Å²) in [6, 6.07) is -0.378. The summed E-state index contributed by atoms with van der Waals surface area (Å²) in [7, 11) is 3.56. The molecule has 2 heterocycles. The van der Waals surface area contributed by atoms with Gasteiger partial charge in [0.05, 0.1) is 35.4 Å². The number of methoxy groups -OCH3 is 1. The SMILES string of the molecule is CO[C@]1(C)C[C@H](O[C@H]2[C@H](C)C[C@](C)(O)C[C@@H](C)CN(C)[C@H](C)[C@@H](O)[C@H](O)[C@@H](I)OC(=O)[C@@H]2C)O[C@@H](C)C1. The molecule has 0 amide bonds. The standard InChI is InChI=1S/C27H50INO8/c1-15-10-26(6,33)11-16(2)23(36-20-13-27(7,34-9)12-17(3)35-20)18(4)25(32)37-24(28)22(31)21(30)19(5)29(8)14-15/h15-24,30-31,33H,10-14H2,1-9H3/t15-,16-,17+,18-,19-,20+,21-,22+,23+,24+,26-,27+/m1/s1. The predicted molar refractivity (Wildman–Crippen MR) is 149 cm³/mol. The van der Waals surface area contributed by atoms with E-state index in [0.717, 1.165) is 6.42 Å². The minimum atomic E-state index is -1.26. The van der Waals surface area contributed by atoms with Crippen molar-refractivity contribution < 1.29 is 39.1 Å². The highest BCUT2D eigenvalue weighted by Gasteiger charge is 2.43. The second kappa shape index (κ2) is 13.5. The molecule has 2 rings (SSSR count). The van der Waals surface area contributed by atoms with Crippen LogP contribution in [0, 0.1) is 17.8 Å². The van der Waals surface area contributed by atoms with E-state index in [-0.39, 0.29) is 24.0 Å². The third-order valence-electron chi connectivity index (χ3n) is 8.12. The number of esters is 1. The van der Waals surface area contributed by atoms with Crippen molar-refractivity contribution in [3.05, 3.63) is 0 Å². The molecule has 218 valence electrons. The van der Waals surface area contributed by atoms with E-state index in [0.29, 0.717) is 25.8 Å². The minimum Gasteiger partial charge on any atom is -0.448 e. The van der Waals surface area contributed by atoms with E-state index >= 15 is 0 Å². The van der Waals surface area contributed by atoms with Gasteiger partial charge in [0.15, 0.2) is 10.4 Å². The number of likely N-dealkylation sites (N-methyl/N-ethyl adjacent to an activating group) is 1. The first-order valence-electron chi connectivity index (χ1n) is 13.5. The second-order valence-electron chi connectivity index (χ2n) is 12.3. The molecule has 9 nitrogen and oxygen atoms in total. The molecule has 0 aliphatic carbocycles. The highest BCUT2D eigenvalue weighted by Crippen LogP contribution is 2.36.